The lowest BCUT2D eigenvalue weighted by molar-refractivity contribution is 0.102. The zero-order valence-corrected chi connectivity index (χ0v) is 14.5. The minimum atomic E-state index is -0.509. The van der Waals surface area contributed by atoms with Crippen molar-refractivity contribution in [2.24, 2.45) is 14.1 Å². The highest BCUT2D eigenvalue weighted by molar-refractivity contribution is 9.10. The van der Waals surface area contributed by atoms with E-state index in [1.165, 1.54) is 30.9 Å². The minimum absolute atomic E-state index is 0.186. The molecule has 122 valence electrons. The van der Waals surface area contributed by atoms with E-state index in [4.69, 9.17) is 0 Å². The monoisotopic (exact) mass is 388 g/mol. The third kappa shape index (κ3) is 2.65. The van der Waals surface area contributed by atoms with Crippen LogP contribution in [0.1, 0.15) is 10.4 Å². The number of pyridine rings is 1. The fraction of sp³-hybridized carbons (Fsp3) is 0.125. The van der Waals surface area contributed by atoms with Crippen molar-refractivity contribution in [1.29, 1.82) is 0 Å². The summed E-state index contributed by atoms with van der Waals surface area (Å²) in [5.41, 5.74) is -0.0199. The summed E-state index contributed by atoms with van der Waals surface area (Å²) in [5, 5.41) is 2.90. The van der Waals surface area contributed by atoms with E-state index in [9.17, 15) is 14.4 Å². The van der Waals surface area contributed by atoms with Gasteiger partial charge in [0.05, 0.1) is 5.69 Å². The first-order valence-electron chi connectivity index (χ1n) is 7.02. The standard InChI is InChI=1S/C16H13BrN4O3/c1-20-13-12(15(23)21(2)16(20)24)11(6-7-18-13)19-14(22)9-4-3-5-10(17)8-9/h3-8H,1-2H3,(H,18,19,22). The number of aromatic nitrogens is 3. The average Bonchev–Trinajstić information content (AvgIpc) is 2.58. The number of carbonyl (C=O) groups excluding carboxylic acids is 1. The Kier molecular flexibility index (Phi) is 4.06. The number of hydrogen-bond acceptors (Lipinski definition) is 4. The number of hydrogen-bond donors (Lipinski definition) is 1. The van der Waals surface area contributed by atoms with Gasteiger partial charge in [0.2, 0.25) is 0 Å². The lowest BCUT2D eigenvalue weighted by Gasteiger charge is -2.11. The third-order valence-corrected chi connectivity index (χ3v) is 4.17. The van der Waals surface area contributed by atoms with Crippen LogP contribution in [0.25, 0.3) is 11.0 Å². The first kappa shape index (κ1) is 16.1. The summed E-state index contributed by atoms with van der Waals surface area (Å²) in [4.78, 5) is 41.0. The highest BCUT2D eigenvalue weighted by atomic mass is 79.9. The van der Waals surface area contributed by atoms with Crippen molar-refractivity contribution in [2.45, 2.75) is 0 Å². The Balaban J connectivity index is 2.16. The first-order chi connectivity index (χ1) is 11.4. The Morgan fingerprint density at radius 3 is 2.62 bits per heavy atom. The van der Waals surface area contributed by atoms with Gasteiger partial charge in [0.15, 0.2) is 5.65 Å². The molecule has 0 aliphatic heterocycles. The molecular formula is C16H13BrN4O3. The Morgan fingerprint density at radius 1 is 1.17 bits per heavy atom. The van der Waals surface area contributed by atoms with E-state index < -0.39 is 11.2 Å². The van der Waals surface area contributed by atoms with Gasteiger partial charge in [-0.2, -0.15) is 0 Å². The van der Waals surface area contributed by atoms with Crippen molar-refractivity contribution < 1.29 is 4.79 Å². The summed E-state index contributed by atoms with van der Waals surface area (Å²) in [5.74, 6) is -0.361. The lowest BCUT2D eigenvalue weighted by Crippen LogP contribution is -2.37. The van der Waals surface area contributed by atoms with Crippen LogP contribution in [0.3, 0.4) is 0 Å². The second-order valence-corrected chi connectivity index (χ2v) is 6.14. The summed E-state index contributed by atoms with van der Waals surface area (Å²) in [6.45, 7) is 0. The van der Waals surface area contributed by atoms with E-state index >= 15 is 0 Å². The molecule has 3 aromatic rings. The van der Waals surface area contributed by atoms with E-state index in [0.717, 1.165) is 9.04 Å². The molecule has 0 atom stereocenters. The molecule has 1 aromatic carbocycles. The van der Waals surface area contributed by atoms with Gasteiger partial charge in [-0.1, -0.05) is 22.0 Å². The van der Waals surface area contributed by atoms with E-state index in [0.29, 0.717) is 11.3 Å². The fourth-order valence-electron chi connectivity index (χ4n) is 2.41. The van der Waals surface area contributed by atoms with Gasteiger partial charge in [-0.25, -0.2) is 9.78 Å². The molecule has 1 N–H and O–H groups in total. The Morgan fingerprint density at radius 2 is 1.92 bits per heavy atom. The molecule has 0 fully saturated rings. The molecular weight excluding hydrogens is 376 g/mol. The van der Waals surface area contributed by atoms with E-state index in [2.05, 4.69) is 26.2 Å². The topological polar surface area (TPSA) is 86.0 Å². The summed E-state index contributed by atoms with van der Waals surface area (Å²) in [6, 6.07) is 8.42. The first-order valence-corrected chi connectivity index (χ1v) is 7.81. The molecule has 24 heavy (non-hydrogen) atoms. The van der Waals surface area contributed by atoms with Gasteiger partial charge in [0.1, 0.15) is 5.39 Å². The van der Waals surface area contributed by atoms with Gasteiger partial charge >= 0.3 is 5.69 Å². The molecule has 0 radical (unpaired) electrons. The summed E-state index contributed by atoms with van der Waals surface area (Å²) < 4.78 is 3.03. The number of nitrogens with zero attached hydrogens (tertiary/aromatic N) is 3. The van der Waals surface area contributed by atoms with Crippen LogP contribution in [0.4, 0.5) is 5.69 Å². The van der Waals surface area contributed by atoms with Crippen LogP contribution < -0.4 is 16.6 Å². The minimum Gasteiger partial charge on any atom is -0.321 e. The van der Waals surface area contributed by atoms with Gasteiger partial charge < -0.3 is 5.32 Å². The maximum Gasteiger partial charge on any atom is 0.332 e. The predicted molar refractivity (Wildman–Crippen MR) is 94.3 cm³/mol. The SMILES string of the molecule is Cn1c(=O)c2c(NC(=O)c3cccc(Br)c3)ccnc2n(C)c1=O. The molecule has 8 heteroatoms. The smallest absolute Gasteiger partial charge is 0.321 e. The van der Waals surface area contributed by atoms with Crippen molar-refractivity contribution >= 4 is 38.6 Å². The van der Waals surface area contributed by atoms with Gasteiger partial charge in [-0.15, -0.1) is 0 Å². The van der Waals surface area contributed by atoms with Crippen LogP contribution in [-0.2, 0) is 14.1 Å². The predicted octanol–water partition coefficient (Wildman–Crippen LogP) is 1.65. The van der Waals surface area contributed by atoms with E-state index in [1.807, 2.05) is 6.07 Å². The van der Waals surface area contributed by atoms with Crippen molar-refractivity contribution in [3.8, 4) is 0 Å². The Labute approximate surface area is 144 Å². The highest BCUT2D eigenvalue weighted by Crippen LogP contribution is 2.18. The zero-order chi connectivity index (χ0) is 17.4. The molecule has 2 heterocycles. The number of nitrogens with one attached hydrogen (secondary N) is 1. The largest absolute Gasteiger partial charge is 0.332 e. The van der Waals surface area contributed by atoms with Gasteiger partial charge in [0, 0.05) is 30.3 Å². The normalized spacial score (nSPS) is 10.8. The van der Waals surface area contributed by atoms with Crippen LogP contribution in [0.15, 0.2) is 50.6 Å². The molecule has 0 unspecified atom stereocenters. The van der Waals surface area contributed by atoms with Crippen molar-refractivity contribution in [3.63, 3.8) is 0 Å². The second-order valence-electron chi connectivity index (χ2n) is 5.23. The number of aryl methyl sites for hydroxylation is 1. The number of rotatable bonds is 2. The molecule has 0 saturated carbocycles. The number of carbonyl (C=O) groups is 1. The number of fused-ring (bicyclic) bond motifs is 1. The van der Waals surface area contributed by atoms with Crippen LogP contribution in [-0.4, -0.2) is 20.0 Å². The number of halogens is 1. The maximum absolute atomic E-state index is 12.4. The van der Waals surface area contributed by atoms with Crippen LogP contribution in [0.5, 0.6) is 0 Å². The lowest BCUT2D eigenvalue weighted by atomic mass is 10.2. The third-order valence-electron chi connectivity index (χ3n) is 3.68. The maximum atomic E-state index is 12.4. The number of benzene rings is 1. The molecule has 0 aliphatic carbocycles. The second kappa shape index (κ2) is 6.04. The van der Waals surface area contributed by atoms with E-state index in [1.54, 1.807) is 18.2 Å². The average molecular weight is 389 g/mol. The van der Waals surface area contributed by atoms with Crippen LogP contribution in [0.2, 0.25) is 0 Å². The quantitative estimate of drug-likeness (QED) is 0.722. The number of anilines is 1. The van der Waals surface area contributed by atoms with Crippen molar-refractivity contribution in [1.82, 2.24) is 14.1 Å². The molecule has 7 nitrogen and oxygen atoms in total. The summed E-state index contributed by atoms with van der Waals surface area (Å²) >= 11 is 3.31. The Hall–Kier alpha value is -2.74. The molecule has 0 spiro atoms. The van der Waals surface area contributed by atoms with Crippen LogP contribution >= 0.6 is 15.9 Å². The summed E-state index contributed by atoms with van der Waals surface area (Å²) in [6.07, 6.45) is 1.44. The van der Waals surface area contributed by atoms with Gasteiger partial charge in [-0.05, 0) is 24.3 Å². The molecule has 1 amide bonds. The molecule has 2 aromatic heterocycles. The Bertz CT molecular complexity index is 1080. The van der Waals surface area contributed by atoms with Crippen LogP contribution in [0, 0.1) is 0 Å². The number of amides is 1. The van der Waals surface area contributed by atoms with Gasteiger partial charge in [-0.3, -0.25) is 18.7 Å². The van der Waals surface area contributed by atoms with Crippen molar-refractivity contribution in [2.75, 3.05) is 5.32 Å². The van der Waals surface area contributed by atoms with E-state index in [-0.39, 0.29) is 16.9 Å². The van der Waals surface area contributed by atoms with Gasteiger partial charge in [0.25, 0.3) is 11.5 Å². The molecule has 0 bridgehead atoms. The zero-order valence-electron chi connectivity index (χ0n) is 12.9. The van der Waals surface area contributed by atoms with Crippen molar-refractivity contribution in [3.05, 3.63) is 67.4 Å². The molecule has 0 aliphatic rings. The molecule has 3 rings (SSSR count). The summed E-state index contributed by atoms with van der Waals surface area (Å²) in [7, 11) is 2.91. The highest BCUT2D eigenvalue weighted by Gasteiger charge is 2.15. The fourth-order valence-corrected chi connectivity index (χ4v) is 2.81. The molecule has 0 saturated heterocycles.